The third-order valence-corrected chi connectivity index (χ3v) is 4.01. The second-order valence-corrected chi connectivity index (χ2v) is 5.87. The summed E-state index contributed by atoms with van der Waals surface area (Å²) in [5.41, 5.74) is 0.463. The Balaban J connectivity index is 1.57. The van der Waals surface area contributed by atoms with Crippen LogP contribution in [0.2, 0.25) is 0 Å². The standard InChI is InChI=1S/C16H17NO4S/c18-15(20-11-14-5-1-2-8-19-14)12-4-3-6-13(10-12)21-16-17-7-9-22-16/h3-4,6-7,9-10,14H,1-2,5,8,11H2. The number of benzene rings is 1. The molecule has 6 heteroatoms. The molecule has 1 fully saturated rings. The second-order valence-electron chi connectivity index (χ2n) is 5.01. The fourth-order valence-corrected chi connectivity index (χ4v) is 2.74. The van der Waals surface area contributed by atoms with Crippen molar-refractivity contribution in [3.05, 3.63) is 41.4 Å². The van der Waals surface area contributed by atoms with Crippen LogP contribution in [-0.2, 0) is 9.47 Å². The van der Waals surface area contributed by atoms with E-state index in [4.69, 9.17) is 14.2 Å². The summed E-state index contributed by atoms with van der Waals surface area (Å²) < 4.78 is 16.5. The molecule has 1 aliphatic heterocycles. The van der Waals surface area contributed by atoms with E-state index < -0.39 is 0 Å². The molecule has 2 heterocycles. The smallest absolute Gasteiger partial charge is 0.338 e. The SMILES string of the molecule is O=C(OCC1CCCCO1)c1cccc(Oc2nccs2)c1. The van der Waals surface area contributed by atoms with E-state index in [1.807, 2.05) is 5.38 Å². The third kappa shape index (κ3) is 4.05. The number of carbonyl (C=O) groups is 1. The minimum absolute atomic E-state index is 0.0208. The van der Waals surface area contributed by atoms with E-state index in [0.717, 1.165) is 25.9 Å². The van der Waals surface area contributed by atoms with Crippen molar-refractivity contribution in [2.75, 3.05) is 13.2 Å². The van der Waals surface area contributed by atoms with Crippen molar-refractivity contribution in [1.82, 2.24) is 4.98 Å². The predicted molar refractivity (Wildman–Crippen MR) is 82.5 cm³/mol. The predicted octanol–water partition coefficient (Wildman–Crippen LogP) is 3.66. The zero-order valence-electron chi connectivity index (χ0n) is 12.1. The largest absolute Gasteiger partial charge is 0.459 e. The number of ether oxygens (including phenoxy) is 3. The molecule has 1 atom stereocenters. The van der Waals surface area contributed by atoms with Crippen LogP contribution in [0.15, 0.2) is 35.8 Å². The Hall–Kier alpha value is -1.92. The highest BCUT2D eigenvalue weighted by atomic mass is 32.1. The number of thiazole rings is 1. The normalized spacial score (nSPS) is 17.9. The van der Waals surface area contributed by atoms with Gasteiger partial charge in [-0.2, -0.15) is 0 Å². The molecule has 0 bridgehead atoms. The molecule has 0 N–H and O–H groups in total. The van der Waals surface area contributed by atoms with Crippen molar-refractivity contribution >= 4 is 17.3 Å². The average Bonchev–Trinajstić information content (AvgIpc) is 3.07. The van der Waals surface area contributed by atoms with Gasteiger partial charge in [0.25, 0.3) is 5.19 Å². The van der Waals surface area contributed by atoms with E-state index >= 15 is 0 Å². The van der Waals surface area contributed by atoms with E-state index in [0.29, 0.717) is 23.1 Å². The fourth-order valence-electron chi connectivity index (χ4n) is 2.24. The Labute approximate surface area is 132 Å². The number of aromatic nitrogens is 1. The summed E-state index contributed by atoms with van der Waals surface area (Å²) in [5.74, 6) is 0.206. The van der Waals surface area contributed by atoms with E-state index in [9.17, 15) is 4.79 Å². The highest BCUT2D eigenvalue weighted by molar-refractivity contribution is 7.11. The van der Waals surface area contributed by atoms with Gasteiger partial charge in [-0.3, -0.25) is 0 Å². The van der Waals surface area contributed by atoms with E-state index in [-0.39, 0.29) is 12.1 Å². The lowest BCUT2D eigenvalue weighted by molar-refractivity contribution is -0.0300. The number of nitrogens with zero attached hydrogens (tertiary/aromatic N) is 1. The van der Waals surface area contributed by atoms with Crippen molar-refractivity contribution in [3.8, 4) is 10.9 Å². The third-order valence-electron chi connectivity index (χ3n) is 3.36. The van der Waals surface area contributed by atoms with E-state index in [1.54, 1.807) is 30.5 Å². The van der Waals surface area contributed by atoms with Crippen LogP contribution in [0, 0.1) is 0 Å². The summed E-state index contributed by atoms with van der Waals surface area (Å²) in [5, 5.41) is 2.37. The Kier molecular flexibility index (Phi) is 5.03. The van der Waals surface area contributed by atoms with Crippen LogP contribution in [0.4, 0.5) is 0 Å². The second kappa shape index (κ2) is 7.38. The Morgan fingerprint density at radius 1 is 1.41 bits per heavy atom. The number of hydrogen-bond donors (Lipinski definition) is 0. The van der Waals surface area contributed by atoms with Crippen LogP contribution in [0.5, 0.6) is 10.9 Å². The topological polar surface area (TPSA) is 57.7 Å². The zero-order valence-corrected chi connectivity index (χ0v) is 12.9. The van der Waals surface area contributed by atoms with Gasteiger partial charge in [0, 0.05) is 18.2 Å². The molecule has 22 heavy (non-hydrogen) atoms. The van der Waals surface area contributed by atoms with Crippen molar-refractivity contribution in [2.24, 2.45) is 0 Å². The molecule has 0 aliphatic carbocycles. The summed E-state index contributed by atoms with van der Waals surface area (Å²) in [6.07, 6.45) is 4.84. The summed E-state index contributed by atoms with van der Waals surface area (Å²) in [7, 11) is 0. The van der Waals surface area contributed by atoms with Gasteiger partial charge in [-0.05, 0) is 37.5 Å². The Bertz CT molecular complexity index is 608. The molecule has 0 amide bonds. The summed E-state index contributed by atoms with van der Waals surface area (Å²) in [6, 6.07) is 6.91. The van der Waals surface area contributed by atoms with Crippen molar-refractivity contribution < 1.29 is 19.0 Å². The van der Waals surface area contributed by atoms with Crippen LogP contribution in [0.1, 0.15) is 29.6 Å². The lowest BCUT2D eigenvalue weighted by Gasteiger charge is -2.22. The van der Waals surface area contributed by atoms with E-state index in [1.165, 1.54) is 11.3 Å². The minimum atomic E-state index is -0.362. The molecule has 5 nitrogen and oxygen atoms in total. The van der Waals surface area contributed by atoms with Crippen LogP contribution in [-0.4, -0.2) is 30.3 Å². The first kappa shape index (κ1) is 15.0. The minimum Gasteiger partial charge on any atom is -0.459 e. The fraction of sp³-hybridized carbons (Fsp3) is 0.375. The number of hydrogen-bond acceptors (Lipinski definition) is 6. The highest BCUT2D eigenvalue weighted by Gasteiger charge is 2.17. The Morgan fingerprint density at radius 2 is 2.36 bits per heavy atom. The van der Waals surface area contributed by atoms with Gasteiger partial charge in [-0.1, -0.05) is 17.4 Å². The Morgan fingerprint density at radius 3 is 3.14 bits per heavy atom. The van der Waals surface area contributed by atoms with Crippen molar-refractivity contribution in [3.63, 3.8) is 0 Å². The molecule has 3 rings (SSSR count). The first-order valence-electron chi connectivity index (χ1n) is 7.27. The molecule has 1 unspecified atom stereocenters. The maximum Gasteiger partial charge on any atom is 0.338 e. The maximum absolute atomic E-state index is 12.1. The van der Waals surface area contributed by atoms with Gasteiger partial charge in [-0.15, -0.1) is 0 Å². The maximum atomic E-state index is 12.1. The van der Waals surface area contributed by atoms with Crippen molar-refractivity contribution in [1.29, 1.82) is 0 Å². The van der Waals surface area contributed by atoms with Gasteiger partial charge in [0.1, 0.15) is 12.4 Å². The van der Waals surface area contributed by atoms with Gasteiger partial charge < -0.3 is 14.2 Å². The summed E-state index contributed by atoms with van der Waals surface area (Å²) >= 11 is 1.40. The van der Waals surface area contributed by atoms with E-state index in [2.05, 4.69) is 4.98 Å². The molecular weight excluding hydrogens is 302 g/mol. The number of carbonyl (C=O) groups excluding carboxylic acids is 1. The van der Waals surface area contributed by atoms with Crippen LogP contribution >= 0.6 is 11.3 Å². The molecule has 0 saturated carbocycles. The van der Waals surface area contributed by atoms with Gasteiger partial charge in [-0.25, -0.2) is 9.78 Å². The summed E-state index contributed by atoms with van der Waals surface area (Å²) in [6.45, 7) is 1.05. The first-order chi connectivity index (χ1) is 10.8. The molecule has 116 valence electrons. The molecule has 0 spiro atoms. The molecule has 1 aliphatic rings. The van der Waals surface area contributed by atoms with Gasteiger partial charge in [0.2, 0.25) is 0 Å². The van der Waals surface area contributed by atoms with Gasteiger partial charge in [0.05, 0.1) is 11.7 Å². The number of rotatable bonds is 5. The quantitative estimate of drug-likeness (QED) is 0.787. The highest BCUT2D eigenvalue weighted by Crippen LogP contribution is 2.24. The molecule has 1 aromatic heterocycles. The molecule has 1 aromatic carbocycles. The molecule has 2 aromatic rings. The van der Waals surface area contributed by atoms with Crippen molar-refractivity contribution in [2.45, 2.75) is 25.4 Å². The molecular formula is C16H17NO4S. The lowest BCUT2D eigenvalue weighted by atomic mass is 10.1. The molecule has 0 radical (unpaired) electrons. The average molecular weight is 319 g/mol. The summed E-state index contributed by atoms with van der Waals surface area (Å²) in [4.78, 5) is 16.1. The van der Waals surface area contributed by atoms with Gasteiger partial charge in [0.15, 0.2) is 0 Å². The van der Waals surface area contributed by atoms with Gasteiger partial charge >= 0.3 is 5.97 Å². The monoisotopic (exact) mass is 319 g/mol. The lowest BCUT2D eigenvalue weighted by Crippen LogP contribution is -2.25. The first-order valence-corrected chi connectivity index (χ1v) is 8.15. The zero-order chi connectivity index (χ0) is 15.2. The van der Waals surface area contributed by atoms with Crippen LogP contribution < -0.4 is 4.74 Å². The van der Waals surface area contributed by atoms with Crippen LogP contribution in [0.3, 0.4) is 0 Å². The van der Waals surface area contributed by atoms with Crippen LogP contribution in [0.25, 0.3) is 0 Å². The number of esters is 1. The molecule has 1 saturated heterocycles.